The van der Waals surface area contributed by atoms with Gasteiger partial charge in [0, 0.05) is 5.57 Å². The maximum atomic E-state index is 5.76. The predicted molar refractivity (Wildman–Crippen MR) is 40.3 cm³/mol. The van der Waals surface area contributed by atoms with Crippen LogP contribution in [0.5, 0.6) is 0 Å². The van der Waals surface area contributed by atoms with Gasteiger partial charge in [-0.25, -0.2) is 0 Å². The van der Waals surface area contributed by atoms with E-state index in [1.807, 2.05) is 31.2 Å². The molecule has 0 nitrogen and oxygen atoms in total. The zero-order chi connectivity index (χ0) is 6.69. The molecule has 0 saturated carbocycles. The second-order valence-corrected chi connectivity index (χ2v) is 2.24. The molecule has 1 heteroatoms. The molecular weight excluding hydrogens is 132 g/mol. The van der Waals surface area contributed by atoms with Crippen LogP contribution >= 0.6 is 11.6 Å². The molecule has 0 aromatic carbocycles. The SMILES string of the molecule is CC1=C=CC=CC=C1Cl. The highest BCUT2D eigenvalue weighted by molar-refractivity contribution is 6.32. The van der Waals surface area contributed by atoms with Gasteiger partial charge < -0.3 is 0 Å². The average Bonchev–Trinajstić information content (AvgIpc) is 1.99. The van der Waals surface area contributed by atoms with E-state index in [0.717, 1.165) is 10.6 Å². The molecule has 0 aromatic heterocycles. The quantitative estimate of drug-likeness (QED) is 0.452. The molecule has 1 rings (SSSR count). The molecule has 0 aliphatic heterocycles. The van der Waals surface area contributed by atoms with Crippen LogP contribution in [0.15, 0.2) is 40.6 Å². The average molecular weight is 139 g/mol. The van der Waals surface area contributed by atoms with Gasteiger partial charge in [0.25, 0.3) is 0 Å². The number of rotatable bonds is 0. The molecule has 0 heterocycles. The van der Waals surface area contributed by atoms with Crippen LogP contribution in [0.1, 0.15) is 6.92 Å². The first-order valence-corrected chi connectivity index (χ1v) is 3.14. The fourth-order valence-electron chi connectivity index (χ4n) is 0.563. The largest absolute Gasteiger partial charge is 0.116 e. The van der Waals surface area contributed by atoms with Gasteiger partial charge >= 0.3 is 0 Å². The Hall–Kier alpha value is -0.710. The Morgan fingerprint density at radius 2 is 2.22 bits per heavy atom. The zero-order valence-electron chi connectivity index (χ0n) is 5.19. The summed E-state index contributed by atoms with van der Waals surface area (Å²) in [7, 11) is 0. The molecule has 0 N–H and O–H groups in total. The summed E-state index contributed by atoms with van der Waals surface area (Å²) in [4.78, 5) is 0. The second kappa shape index (κ2) is 2.72. The van der Waals surface area contributed by atoms with Crippen molar-refractivity contribution in [2.45, 2.75) is 6.92 Å². The Morgan fingerprint density at radius 1 is 1.44 bits per heavy atom. The molecule has 0 aromatic rings. The van der Waals surface area contributed by atoms with Gasteiger partial charge in [0.1, 0.15) is 0 Å². The lowest BCUT2D eigenvalue weighted by atomic mass is 10.3. The van der Waals surface area contributed by atoms with Crippen LogP contribution in [-0.4, -0.2) is 0 Å². The van der Waals surface area contributed by atoms with Gasteiger partial charge in [0.2, 0.25) is 0 Å². The van der Waals surface area contributed by atoms with Crippen LogP contribution in [0.3, 0.4) is 0 Å². The van der Waals surface area contributed by atoms with Gasteiger partial charge in [-0.1, -0.05) is 23.8 Å². The highest BCUT2D eigenvalue weighted by atomic mass is 35.5. The van der Waals surface area contributed by atoms with Crippen LogP contribution in [-0.2, 0) is 0 Å². The normalized spacial score (nSPS) is 16.7. The van der Waals surface area contributed by atoms with Gasteiger partial charge in [-0.2, -0.15) is 0 Å². The number of hydrogen-bond acceptors (Lipinski definition) is 0. The topological polar surface area (TPSA) is 0 Å². The third-order valence-corrected chi connectivity index (χ3v) is 1.52. The van der Waals surface area contributed by atoms with Crippen LogP contribution in [0.25, 0.3) is 0 Å². The molecule has 0 fully saturated rings. The van der Waals surface area contributed by atoms with Gasteiger partial charge in [0.05, 0.1) is 5.03 Å². The van der Waals surface area contributed by atoms with Crippen molar-refractivity contribution in [3.05, 3.63) is 40.6 Å². The van der Waals surface area contributed by atoms with E-state index in [0.29, 0.717) is 0 Å². The van der Waals surface area contributed by atoms with E-state index in [1.165, 1.54) is 0 Å². The summed E-state index contributed by atoms with van der Waals surface area (Å²) in [5, 5.41) is 0.764. The van der Waals surface area contributed by atoms with Crippen molar-refractivity contribution >= 4 is 11.6 Å². The van der Waals surface area contributed by atoms with Gasteiger partial charge in [-0.3, -0.25) is 0 Å². The summed E-state index contributed by atoms with van der Waals surface area (Å²) in [5.41, 5.74) is 3.99. The summed E-state index contributed by atoms with van der Waals surface area (Å²) in [6.07, 6.45) is 7.50. The Kier molecular flexibility index (Phi) is 1.94. The van der Waals surface area contributed by atoms with Gasteiger partial charge in [-0.05, 0) is 19.1 Å². The Labute approximate surface area is 59.8 Å². The lowest BCUT2D eigenvalue weighted by Crippen LogP contribution is -1.68. The van der Waals surface area contributed by atoms with Crippen LogP contribution in [0, 0.1) is 0 Å². The third kappa shape index (κ3) is 1.60. The first-order chi connectivity index (χ1) is 4.30. The van der Waals surface area contributed by atoms with E-state index in [-0.39, 0.29) is 0 Å². The van der Waals surface area contributed by atoms with Crippen molar-refractivity contribution in [2.24, 2.45) is 0 Å². The van der Waals surface area contributed by atoms with Crippen molar-refractivity contribution < 1.29 is 0 Å². The maximum absolute atomic E-state index is 5.76. The number of allylic oxidation sites excluding steroid dienone is 5. The van der Waals surface area contributed by atoms with Crippen LogP contribution in [0.4, 0.5) is 0 Å². The fraction of sp³-hybridized carbons (Fsp3) is 0.125. The lowest BCUT2D eigenvalue weighted by molar-refractivity contribution is 1.52. The van der Waals surface area contributed by atoms with E-state index in [1.54, 1.807) is 0 Å². The fourth-order valence-corrected chi connectivity index (χ4v) is 0.690. The van der Waals surface area contributed by atoms with Gasteiger partial charge in [-0.15, -0.1) is 5.73 Å². The monoisotopic (exact) mass is 138 g/mol. The van der Waals surface area contributed by atoms with E-state index < -0.39 is 0 Å². The molecule has 0 bridgehead atoms. The van der Waals surface area contributed by atoms with Crippen molar-refractivity contribution in [1.82, 2.24) is 0 Å². The second-order valence-electron chi connectivity index (χ2n) is 1.84. The van der Waals surface area contributed by atoms with Crippen molar-refractivity contribution in [3.8, 4) is 0 Å². The van der Waals surface area contributed by atoms with Crippen molar-refractivity contribution in [3.63, 3.8) is 0 Å². The zero-order valence-corrected chi connectivity index (χ0v) is 5.94. The standard InChI is InChI=1S/C8H7Cl/c1-7-5-3-2-4-6-8(7)9/h2-4,6H,1H3. The summed E-state index contributed by atoms with van der Waals surface area (Å²) < 4.78 is 0. The summed E-state index contributed by atoms with van der Waals surface area (Å²) in [6.45, 7) is 1.93. The minimum atomic E-state index is 0.764. The van der Waals surface area contributed by atoms with E-state index in [2.05, 4.69) is 5.73 Å². The number of halogens is 1. The van der Waals surface area contributed by atoms with Gasteiger partial charge in [0.15, 0.2) is 0 Å². The molecule has 0 unspecified atom stereocenters. The maximum Gasteiger partial charge on any atom is 0.0512 e. The first-order valence-electron chi connectivity index (χ1n) is 2.77. The van der Waals surface area contributed by atoms with E-state index in [4.69, 9.17) is 11.6 Å². The Balaban J connectivity index is 3.06. The molecule has 0 radical (unpaired) electrons. The third-order valence-electron chi connectivity index (χ3n) is 1.11. The van der Waals surface area contributed by atoms with Crippen LogP contribution in [0.2, 0.25) is 0 Å². The molecule has 9 heavy (non-hydrogen) atoms. The van der Waals surface area contributed by atoms with Crippen LogP contribution < -0.4 is 0 Å². The minimum absolute atomic E-state index is 0.764. The predicted octanol–water partition coefficient (Wildman–Crippen LogP) is 2.78. The molecule has 1 aliphatic carbocycles. The summed E-state index contributed by atoms with van der Waals surface area (Å²) >= 11 is 5.76. The Morgan fingerprint density at radius 3 is 3.00 bits per heavy atom. The molecule has 0 atom stereocenters. The molecule has 0 amide bonds. The summed E-state index contributed by atoms with van der Waals surface area (Å²) in [6, 6.07) is 0. The van der Waals surface area contributed by atoms with E-state index >= 15 is 0 Å². The lowest BCUT2D eigenvalue weighted by Gasteiger charge is -1.88. The highest BCUT2D eigenvalue weighted by Gasteiger charge is 1.91. The molecule has 1 aliphatic rings. The first kappa shape index (κ1) is 6.41. The Bertz CT molecular complexity index is 225. The molecular formula is C8H7Cl. The summed E-state index contributed by atoms with van der Waals surface area (Å²) in [5.74, 6) is 0. The number of hydrogen-bond donors (Lipinski definition) is 0. The molecule has 0 spiro atoms. The molecule has 46 valence electrons. The smallest absolute Gasteiger partial charge is 0.0512 e. The van der Waals surface area contributed by atoms with Crippen molar-refractivity contribution in [1.29, 1.82) is 0 Å². The van der Waals surface area contributed by atoms with Crippen molar-refractivity contribution in [2.75, 3.05) is 0 Å². The minimum Gasteiger partial charge on any atom is -0.116 e. The highest BCUT2D eigenvalue weighted by Crippen LogP contribution is 2.13. The molecule has 0 saturated heterocycles. The van der Waals surface area contributed by atoms with E-state index in [9.17, 15) is 0 Å².